The summed E-state index contributed by atoms with van der Waals surface area (Å²) in [4.78, 5) is 35.8. The van der Waals surface area contributed by atoms with E-state index >= 15 is 0 Å². The van der Waals surface area contributed by atoms with Gasteiger partial charge in [-0.15, -0.1) is 0 Å². The van der Waals surface area contributed by atoms with E-state index in [9.17, 15) is 14.4 Å². The number of benzene rings is 4. The molecule has 0 saturated heterocycles. The lowest BCUT2D eigenvalue weighted by molar-refractivity contribution is 0.0597. The van der Waals surface area contributed by atoms with Crippen LogP contribution in [0, 0.1) is 6.92 Å². The molecule has 0 spiro atoms. The van der Waals surface area contributed by atoms with Crippen LogP contribution in [-0.2, 0) is 4.74 Å². The highest BCUT2D eigenvalue weighted by Gasteiger charge is 2.17. The van der Waals surface area contributed by atoms with Crippen molar-refractivity contribution in [1.82, 2.24) is 0 Å². The molecule has 4 nitrogen and oxygen atoms in total. The molecule has 0 aliphatic rings. The van der Waals surface area contributed by atoms with Gasteiger partial charge >= 0.3 is 5.97 Å². The van der Waals surface area contributed by atoms with Crippen LogP contribution in [0.4, 0.5) is 0 Å². The molecule has 0 saturated carbocycles. The fourth-order valence-electron chi connectivity index (χ4n) is 3.18. The summed E-state index contributed by atoms with van der Waals surface area (Å²) < 4.78 is 4.67. The van der Waals surface area contributed by atoms with Crippen LogP contribution >= 0.6 is 0 Å². The molecule has 0 aromatic heterocycles. The normalized spacial score (nSPS) is 9.88. The molecular formula is C29H24O4. The van der Waals surface area contributed by atoms with E-state index < -0.39 is 5.97 Å². The van der Waals surface area contributed by atoms with Gasteiger partial charge in [-0.1, -0.05) is 109 Å². The zero-order valence-corrected chi connectivity index (χ0v) is 18.5. The molecule has 0 atom stereocenters. The van der Waals surface area contributed by atoms with E-state index in [1.165, 1.54) is 12.7 Å². The van der Waals surface area contributed by atoms with Crippen LogP contribution in [0.5, 0.6) is 0 Å². The van der Waals surface area contributed by atoms with E-state index in [1.807, 2.05) is 67.6 Å². The van der Waals surface area contributed by atoms with Crippen molar-refractivity contribution in [3.8, 4) is 0 Å². The molecule has 0 aliphatic carbocycles. The third-order valence-corrected chi connectivity index (χ3v) is 4.96. The smallest absolute Gasteiger partial charge is 0.338 e. The highest BCUT2D eigenvalue weighted by atomic mass is 16.5. The number of esters is 1. The molecule has 0 amide bonds. The number of ketones is 2. The van der Waals surface area contributed by atoms with Gasteiger partial charge in [0.2, 0.25) is 0 Å². The molecule has 0 bridgehead atoms. The molecule has 4 aromatic carbocycles. The summed E-state index contributed by atoms with van der Waals surface area (Å²) in [5.41, 5.74) is 3.84. The maximum atomic E-state index is 12.3. The Morgan fingerprint density at radius 3 is 1.45 bits per heavy atom. The van der Waals surface area contributed by atoms with Crippen molar-refractivity contribution in [3.63, 3.8) is 0 Å². The summed E-state index contributed by atoms with van der Waals surface area (Å²) in [6.07, 6.45) is 0. The number of ether oxygens (including phenoxy) is 1. The standard InChI is InChI=1S/C15H12O3.C14H12O/c1-18-15(17)13-10-6-5-9-12(13)14(16)11-7-3-2-4-8-11;1-11-7-9-13(10-8-11)14(15)12-5-3-2-4-6-12/h2-10H,1H3;2-10H,1H3. The summed E-state index contributed by atoms with van der Waals surface area (Å²) in [7, 11) is 1.30. The Morgan fingerprint density at radius 2 is 0.939 bits per heavy atom. The van der Waals surface area contributed by atoms with Crippen molar-refractivity contribution in [1.29, 1.82) is 0 Å². The minimum Gasteiger partial charge on any atom is -0.465 e. The lowest BCUT2D eigenvalue weighted by Crippen LogP contribution is -2.11. The van der Waals surface area contributed by atoms with Gasteiger partial charge in [0.15, 0.2) is 11.6 Å². The first-order valence-corrected chi connectivity index (χ1v) is 10.4. The van der Waals surface area contributed by atoms with E-state index in [1.54, 1.807) is 48.5 Å². The second-order valence-corrected chi connectivity index (χ2v) is 7.29. The first-order chi connectivity index (χ1) is 16.0. The van der Waals surface area contributed by atoms with Crippen LogP contribution in [0.25, 0.3) is 0 Å². The maximum Gasteiger partial charge on any atom is 0.338 e. The molecule has 0 N–H and O–H groups in total. The van der Waals surface area contributed by atoms with E-state index in [4.69, 9.17) is 0 Å². The van der Waals surface area contributed by atoms with Crippen molar-refractivity contribution in [2.24, 2.45) is 0 Å². The maximum absolute atomic E-state index is 12.3. The Hall–Kier alpha value is -4.31. The first kappa shape index (κ1) is 23.4. The zero-order valence-electron chi connectivity index (χ0n) is 18.5. The minimum absolute atomic E-state index is 0.0793. The SMILES string of the molecule is COC(=O)c1ccccc1C(=O)c1ccccc1.Cc1ccc(C(=O)c2ccccc2)cc1. The lowest BCUT2D eigenvalue weighted by Gasteiger charge is -2.06. The van der Waals surface area contributed by atoms with E-state index in [0.29, 0.717) is 11.1 Å². The van der Waals surface area contributed by atoms with Crippen LogP contribution in [-0.4, -0.2) is 24.6 Å². The summed E-state index contributed by atoms with van der Waals surface area (Å²) in [5.74, 6) is -0.609. The molecule has 4 rings (SSSR count). The van der Waals surface area contributed by atoms with Gasteiger partial charge in [0.1, 0.15) is 0 Å². The van der Waals surface area contributed by atoms with E-state index in [2.05, 4.69) is 4.74 Å². The Kier molecular flexibility index (Phi) is 8.03. The highest BCUT2D eigenvalue weighted by molar-refractivity contribution is 6.14. The Balaban J connectivity index is 0.000000189. The fourth-order valence-corrected chi connectivity index (χ4v) is 3.18. The van der Waals surface area contributed by atoms with Crippen molar-refractivity contribution >= 4 is 17.5 Å². The molecule has 0 radical (unpaired) electrons. The quantitative estimate of drug-likeness (QED) is 0.287. The van der Waals surface area contributed by atoms with Gasteiger partial charge in [-0.3, -0.25) is 9.59 Å². The first-order valence-electron chi connectivity index (χ1n) is 10.4. The minimum atomic E-state index is -0.505. The number of aryl methyl sites for hydroxylation is 1. The number of hydrogen-bond acceptors (Lipinski definition) is 4. The van der Waals surface area contributed by atoms with Crippen LogP contribution in [0.15, 0.2) is 109 Å². The molecule has 164 valence electrons. The van der Waals surface area contributed by atoms with Gasteiger partial charge in [-0.25, -0.2) is 4.79 Å². The summed E-state index contributed by atoms with van der Waals surface area (Å²) >= 11 is 0. The summed E-state index contributed by atoms with van der Waals surface area (Å²) in [6, 6.07) is 32.5. The Morgan fingerprint density at radius 1 is 0.515 bits per heavy atom. The van der Waals surface area contributed by atoms with Crippen LogP contribution in [0.2, 0.25) is 0 Å². The Bertz CT molecular complexity index is 1230. The number of carbonyl (C=O) groups excluding carboxylic acids is 3. The molecular weight excluding hydrogens is 412 g/mol. The molecule has 0 heterocycles. The lowest BCUT2D eigenvalue weighted by atomic mass is 9.98. The van der Waals surface area contributed by atoms with E-state index in [0.717, 1.165) is 11.1 Å². The third-order valence-electron chi connectivity index (χ3n) is 4.96. The second kappa shape index (κ2) is 11.3. The topological polar surface area (TPSA) is 60.4 Å². The van der Waals surface area contributed by atoms with Gasteiger partial charge in [-0.05, 0) is 13.0 Å². The van der Waals surface area contributed by atoms with Gasteiger partial charge in [0, 0.05) is 22.3 Å². The molecule has 0 fully saturated rings. The van der Waals surface area contributed by atoms with E-state index in [-0.39, 0.29) is 17.1 Å². The highest BCUT2D eigenvalue weighted by Crippen LogP contribution is 2.15. The van der Waals surface area contributed by atoms with Crippen molar-refractivity contribution in [2.45, 2.75) is 6.92 Å². The monoisotopic (exact) mass is 436 g/mol. The van der Waals surface area contributed by atoms with Gasteiger partial charge < -0.3 is 4.74 Å². The number of carbonyl (C=O) groups is 3. The van der Waals surface area contributed by atoms with Crippen molar-refractivity contribution < 1.29 is 19.1 Å². The van der Waals surface area contributed by atoms with Gasteiger partial charge in [0.05, 0.1) is 12.7 Å². The molecule has 4 heteroatoms. The Labute approximate surface area is 193 Å². The average molecular weight is 437 g/mol. The van der Waals surface area contributed by atoms with Gasteiger partial charge in [0.25, 0.3) is 0 Å². The number of methoxy groups -OCH3 is 1. The molecule has 4 aromatic rings. The van der Waals surface area contributed by atoms with Crippen LogP contribution in [0.1, 0.15) is 47.8 Å². The zero-order chi connectivity index (χ0) is 23.6. The van der Waals surface area contributed by atoms with Gasteiger partial charge in [-0.2, -0.15) is 0 Å². The number of rotatable bonds is 5. The predicted octanol–water partition coefficient (Wildman–Crippen LogP) is 5.93. The second-order valence-electron chi connectivity index (χ2n) is 7.29. The van der Waals surface area contributed by atoms with Crippen molar-refractivity contribution in [2.75, 3.05) is 7.11 Å². The predicted molar refractivity (Wildman–Crippen MR) is 129 cm³/mol. The average Bonchev–Trinajstić information content (AvgIpc) is 2.89. The molecule has 33 heavy (non-hydrogen) atoms. The van der Waals surface area contributed by atoms with Crippen molar-refractivity contribution in [3.05, 3.63) is 143 Å². The van der Waals surface area contributed by atoms with Crippen LogP contribution < -0.4 is 0 Å². The molecule has 0 unspecified atom stereocenters. The third kappa shape index (κ3) is 6.11. The largest absolute Gasteiger partial charge is 0.465 e. The number of hydrogen-bond donors (Lipinski definition) is 0. The molecule has 0 aliphatic heterocycles. The summed E-state index contributed by atoms with van der Waals surface area (Å²) in [5, 5.41) is 0. The van der Waals surface area contributed by atoms with Crippen LogP contribution in [0.3, 0.4) is 0 Å². The summed E-state index contributed by atoms with van der Waals surface area (Å²) in [6.45, 7) is 2.01. The fraction of sp³-hybridized carbons (Fsp3) is 0.0690.